The maximum absolute atomic E-state index is 13.2. The molecule has 0 N–H and O–H groups in total. The number of morpholine rings is 1. The fourth-order valence-corrected chi connectivity index (χ4v) is 4.95. The highest BCUT2D eigenvalue weighted by molar-refractivity contribution is 5.95. The lowest BCUT2D eigenvalue weighted by atomic mass is 10.1. The molecule has 2 aliphatic rings. The Balaban J connectivity index is 1.30. The molecule has 2 fully saturated rings. The second-order valence-electron chi connectivity index (χ2n) is 9.43. The first-order valence-electron chi connectivity index (χ1n) is 12.5. The van der Waals surface area contributed by atoms with E-state index in [0.29, 0.717) is 87.3 Å². The van der Waals surface area contributed by atoms with E-state index >= 15 is 0 Å². The van der Waals surface area contributed by atoms with Gasteiger partial charge in [-0.2, -0.15) is 13.2 Å². The van der Waals surface area contributed by atoms with Crippen molar-refractivity contribution in [1.29, 1.82) is 0 Å². The van der Waals surface area contributed by atoms with Crippen molar-refractivity contribution in [3.8, 4) is 17.2 Å². The summed E-state index contributed by atoms with van der Waals surface area (Å²) in [6.07, 6.45) is -4.40. The fraction of sp³-hybridized carbons (Fsp3) is 0.519. The van der Waals surface area contributed by atoms with Gasteiger partial charge in [-0.25, -0.2) is 0 Å². The predicted molar refractivity (Wildman–Crippen MR) is 135 cm³/mol. The molecule has 0 bridgehead atoms. The monoisotopic (exact) mass is 537 g/mol. The first-order chi connectivity index (χ1) is 18.2. The zero-order chi connectivity index (χ0) is 27.3. The zero-order valence-corrected chi connectivity index (χ0v) is 21.9. The lowest BCUT2D eigenvalue weighted by Crippen LogP contribution is -2.53. The smallest absolute Gasteiger partial charge is 0.416 e. The number of methoxy groups -OCH3 is 3. The van der Waals surface area contributed by atoms with Crippen LogP contribution in [0.15, 0.2) is 36.4 Å². The van der Waals surface area contributed by atoms with E-state index in [9.17, 15) is 18.0 Å². The van der Waals surface area contributed by atoms with Gasteiger partial charge >= 0.3 is 6.18 Å². The average molecular weight is 538 g/mol. The molecular weight excluding hydrogens is 503 g/mol. The number of piperazine rings is 1. The fourth-order valence-electron chi connectivity index (χ4n) is 4.95. The Morgan fingerprint density at radius 1 is 0.947 bits per heavy atom. The van der Waals surface area contributed by atoms with E-state index in [4.69, 9.17) is 18.9 Å². The molecule has 38 heavy (non-hydrogen) atoms. The molecule has 11 heteroatoms. The number of alkyl halides is 3. The molecule has 2 heterocycles. The van der Waals surface area contributed by atoms with Gasteiger partial charge in [-0.05, 0) is 23.8 Å². The van der Waals surface area contributed by atoms with Gasteiger partial charge in [-0.15, -0.1) is 0 Å². The van der Waals surface area contributed by atoms with Crippen LogP contribution in [-0.2, 0) is 17.5 Å². The number of halogens is 3. The minimum atomic E-state index is -4.35. The summed E-state index contributed by atoms with van der Waals surface area (Å²) in [5.74, 6) is 1.19. The second-order valence-corrected chi connectivity index (χ2v) is 9.43. The topological polar surface area (TPSA) is 63.7 Å². The van der Waals surface area contributed by atoms with E-state index in [2.05, 4.69) is 9.80 Å². The van der Waals surface area contributed by atoms with Crippen molar-refractivity contribution >= 4 is 5.91 Å². The van der Waals surface area contributed by atoms with Crippen molar-refractivity contribution in [3.05, 3.63) is 53.1 Å². The van der Waals surface area contributed by atoms with Crippen LogP contribution in [0.25, 0.3) is 0 Å². The maximum Gasteiger partial charge on any atom is 0.416 e. The largest absolute Gasteiger partial charge is 0.493 e. The number of hydrogen-bond acceptors (Lipinski definition) is 7. The molecule has 1 unspecified atom stereocenters. The number of rotatable bonds is 8. The molecule has 2 aliphatic heterocycles. The molecule has 1 atom stereocenters. The summed E-state index contributed by atoms with van der Waals surface area (Å²) in [6.45, 7) is 5.51. The van der Waals surface area contributed by atoms with Gasteiger partial charge in [0.25, 0.3) is 5.91 Å². The Kier molecular flexibility index (Phi) is 9.01. The van der Waals surface area contributed by atoms with Crippen molar-refractivity contribution in [2.75, 3.05) is 73.7 Å². The first kappa shape index (κ1) is 28.0. The summed E-state index contributed by atoms with van der Waals surface area (Å²) in [6, 6.07) is 8.81. The average Bonchev–Trinajstić information content (AvgIpc) is 2.92. The molecule has 2 aromatic rings. The Morgan fingerprint density at radius 2 is 1.63 bits per heavy atom. The van der Waals surface area contributed by atoms with Crippen LogP contribution in [0.5, 0.6) is 17.2 Å². The van der Waals surface area contributed by atoms with E-state index in [1.165, 1.54) is 33.5 Å². The number of carbonyl (C=O) groups excluding carboxylic acids is 1. The summed E-state index contributed by atoms with van der Waals surface area (Å²) in [4.78, 5) is 19.4. The summed E-state index contributed by atoms with van der Waals surface area (Å²) in [5, 5.41) is 0. The lowest BCUT2D eigenvalue weighted by molar-refractivity contribution is -0.137. The van der Waals surface area contributed by atoms with Gasteiger partial charge in [0.05, 0.1) is 39.6 Å². The Morgan fingerprint density at radius 3 is 2.24 bits per heavy atom. The minimum absolute atomic E-state index is 0.0492. The molecule has 0 spiro atoms. The first-order valence-corrected chi connectivity index (χ1v) is 12.5. The lowest BCUT2D eigenvalue weighted by Gasteiger charge is -2.39. The molecule has 8 nitrogen and oxygen atoms in total. The highest BCUT2D eigenvalue weighted by atomic mass is 19.4. The number of nitrogens with zero attached hydrogens (tertiary/aromatic N) is 3. The molecule has 0 aliphatic carbocycles. The molecule has 2 saturated heterocycles. The third-order valence-electron chi connectivity index (χ3n) is 6.92. The van der Waals surface area contributed by atoms with Crippen LogP contribution in [0.4, 0.5) is 13.2 Å². The van der Waals surface area contributed by atoms with E-state index in [0.717, 1.165) is 6.07 Å². The number of benzene rings is 2. The van der Waals surface area contributed by atoms with Crippen molar-refractivity contribution in [2.24, 2.45) is 0 Å². The van der Waals surface area contributed by atoms with Crippen LogP contribution in [-0.4, -0.2) is 100 Å². The molecule has 1 amide bonds. The molecule has 4 rings (SSSR count). The summed E-state index contributed by atoms with van der Waals surface area (Å²) in [5.41, 5.74) is 0.479. The molecule has 0 aromatic heterocycles. The zero-order valence-electron chi connectivity index (χ0n) is 21.9. The van der Waals surface area contributed by atoms with Crippen molar-refractivity contribution in [3.63, 3.8) is 0 Å². The standard InChI is InChI=1S/C27H34F3N3O5/c1-35-23-14-20(15-24(36-2)25(23)37-3)26(34)33-9-7-31(8-10-33)17-22-18-32(11-12-38-22)16-19-5-4-6-21(13-19)27(28,29)30/h4-6,13-15,22H,7-12,16-18H2,1-3H3. The van der Waals surface area contributed by atoms with Gasteiger partial charge in [0.1, 0.15) is 0 Å². The van der Waals surface area contributed by atoms with Gasteiger partial charge in [0.2, 0.25) is 5.75 Å². The molecule has 208 valence electrons. The SMILES string of the molecule is COc1cc(C(=O)N2CCN(CC3CN(Cc4cccc(C(F)(F)F)c4)CCO3)CC2)cc(OC)c1OC. The van der Waals surface area contributed by atoms with Crippen molar-refractivity contribution in [2.45, 2.75) is 18.8 Å². The summed E-state index contributed by atoms with van der Waals surface area (Å²) in [7, 11) is 4.54. The van der Waals surface area contributed by atoms with E-state index < -0.39 is 11.7 Å². The van der Waals surface area contributed by atoms with E-state index in [-0.39, 0.29) is 12.0 Å². The van der Waals surface area contributed by atoms with Gasteiger partial charge in [-0.1, -0.05) is 18.2 Å². The quantitative estimate of drug-likeness (QED) is 0.512. The van der Waals surface area contributed by atoms with Crippen molar-refractivity contribution in [1.82, 2.24) is 14.7 Å². The third-order valence-corrected chi connectivity index (χ3v) is 6.92. The Labute approximate surface area is 220 Å². The van der Waals surface area contributed by atoms with Gasteiger partial charge in [-0.3, -0.25) is 14.6 Å². The van der Waals surface area contributed by atoms with E-state index in [1.807, 2.05) is 0 Å². The normalized spacial score (nSPS) is 19.3. The Hall–Kier alpha value is -3.02. The third kappa shape index (κ3) is 6.69. The summed E-state index contributed by atoms with van der Waals surface area (Å²) >= 11 is 0. The summed E-state index contributed by atoms with van der Waals surface area (Å²) < 4.78 is 61.2. The van der Waals surface area contributed by atoms with Crippen LogP contribution < -0.4 is 14.2 Å². The van der Waals surface area contributed by atoms with Gasteiger partial charge in [0.15, 0.2) is 11.5 Å². The van der Waals surface area contributed by atoms with Gasteiger partial charge < -0.3 is 23.8 Å². The highest BCUT2D eigenvalue weighted by Crippen LogP contribution is 2.38. The number of amides is 1. The van der Waals surface area contributed by atoms with E-state index in [1.54, 1.807) is 23.1 Å². The predicted octanol–water partition coefficient (Wildman–Crippen LogP) is 3.39. The van der Waals surface area contributed by atoms with Crippen LogP contribution in [0, 0.1) is 0 Å². The molecule has 0 saturated carbocycles. The van der Waals surface area contributed by atoms with Crippen LogP contribution >= 0.6 is 0 Å². The van der Waals surface area contributed by atoms with Crippen LogP contribution in [0.1, 0.15) is 21.5 Å². The molecule has 0 radical (unpaired) electrons. The highest BCUT2D eigenvalue weighted by Gasteiger charge is 2.31. The molecular formula is C27H34F3N3O5. The number of carbonyl (C=O) groups is 1. The van der Waals surface area contributed by atoms with Crippen LogP contribution in [0.3, 0.4) is 0 Å². The minimum Gasteiger partial charge on any atom is -0.493 e. The molecule has 2 aromatic carbocycles. The number of hydrogen-bond donors (Lipinski definition) is 0. The van der Waals surface area contributed by atoms with Gasteiger partial charge in [0, 0.05) is 57.9 Å². The van der Waals surface area contributed by atoms with Crippen molar-refractivity contribution < 1.29 is 36.9 Å². The number of ether oxygens (including phenoxy) is 4. The second kappa shape index (κ2) is 12.2. The maximum atomic E-state index is 13.2. The Bertz CT molecular complexity index is 1080. The van der Waals surface area contributed by atoms with Crippen LogP contribution in [0.2, 0.25) is 0 Å².